The average Bonchev–Trinajstić information content (AvgIpc) is 2.77. The van der Waals surface area contributed by atoms with E-state index in [2.05, 4.69) is 0 Å². The summed E-state index contributed by atoms with van der Waals surface area (Å²) in [7, 11) is 0. The highest BCUT2D eigenvalue weighted by Crippen LogP contribution is 2.28. The van der Waals surface area contributed by atoms with Crippen molar-refractivity contribution in [2.75, 3.05) is 13.2 Å². The Morgan fingerprint density at radius 1 is 0.935 bits per heavy atom. The Morgan fingerprint density at radius 3 is 2.32 bits per heavy atom. The van der Waals surface area contributed by atoms with Gasteiger partial charge in [-0.25, -0.2) is 0 Å². The van der Waals surface area contributed by atoms with Crippen molar-refractivity contribution in [1.82, 2.24) is 0 Å². The molecule has 1 heterocycles. The summed E-state index contributed by atoms with van der Waals surface area (Å²) in [5, 5.41) is 20.2. The van der Waals surface area contributed by atoms with Gasteiger partial charge >= 0.3 is 0 Å². The predicted octanol–water partition coefficient (Wildman–Crippen LogP) is 4.01. The first-order chi connectivity index (χ1) is 14.9. The molecule has 0 fully saturated rings. The molecule has 0 saturated carbocycles. The first-order valence-corrected chi connectivity index (χ1v) is 10.2. The second-order valence-corrected chi connectivity index (χ2v) is 8.09. The van der Waals surface area contributed by atoms with Gasteiger partial charge in [0.05, 0.1) is 29.5 Å². The highest BCUT2D eigenvalue weighted by Gasteiger charge is 2.22. The molecule has 4 aromatic rings. The minimum Gasteiger partial charge on any atom is -0.457 e. The molecule has 0 aliphatic carbocycles. The molecule has 0 atom stereocenters. The largest absolute Gasteiger partial charge is 0.457 e. The van der Waals surface area contributed by atoms with Gasteiger partial charge in [0.2, 0.25) is 5.43 Å². The number of benzene rings is 3. The van der Waals surface area contributed by atoms with Crippen LogP contribution >= 0.6 is 11.6 Å². The minimum atomic E-state index is -1.05. The molecule has 0 amide bonds. The summed E-state index contributed by atoms with van der Waals surface area (Å²) >= 11 is 6.00. The Hall–Kier alpha value is -2.90. The molecule has 7 heteroatoms. The Kier molecular flexibility index (Phi) is 5.98. The predicted molar refractivity (Wildman–Crippen MR) is 121 cm³/mol. The van der Waals surface area contributed by atoms with Gasteiger partial charge in [0.25, 0.3) is 0 Å². The molecule has 0 aliphatic heterocycles. The Balaban J connectivity index is 1.68. The van der Waals surface area contributed by atoms with Crippen LogP contribution in [0.4, 0.5) is 0 Å². The Bertz CT molecular complexity index is 1300. The molecule has 0 aliphatic rings. The lowest BCUT2D eigenvalue weighted by atomic mass is 9.93. The van der Waals surface area contributed by atoms with E-state index in [0.717, 1.165) is 5.56 Å². The van der Waals surface area contributed by atoms with Crippen LogP contribution in [0.25, 0.3) is 21.9 Å². The molecule has 4 rings (SSSR count). The number of halogens is 1. The van der Waals surface area contributed by atoms with Gasteiger partial charge in [-0.1, -0.05) is 23.7 Å². The van der Waals surface area contributed by atoms with Crippen LogP contribution in [0.15, 0.2) is 69.9 Å². The molecule has 31 heavy (non-hydrogen) atoms. The molecule has 3 aromatic carbocycles. The van der Waals surface area contributed by atoms with Crippen LogP contribution in [-0.4, -0.2) is 29.0 Å². The van der Waals surface area contributed by atoms with Gasteiger partial charge in [-0.15, -0.1) is 0 Å². The number of hydrogen-bond donors (Lipinski definition) is 3. The monoisotopic (exact) mass is 439 g/mol. The molecule has 0 saturated heterocycles. The fourth-order valence-corrected chi connectivity index (χ4v) is 3.54. The van der Waals surface area contributed by atoms with Gasteiger partial charge < -0.3 is 25.1 Å². The zero-order valence-corrected chi connectivity index (χ0v) is 17.4. The fraction of sp³-hybridized carbons (Fsp3) is 0.208. The third-order valence-corrected chi connectivity index (χ3v) is 5.52. The number of aryl methyl sites for hydroxylation is 1. The number of hydrogen-bond acceptors (Lipinski definition) is 6. The number of aliphatic hydroxyl groups excluding tert-OH is 2. The van der Waals surface area contributed by atoms with Crippen molar-refractivity contribution >= 4 is 33.5 Å². The van der Waals surface area contributed by atoms with Crippen molar-refractivity contribution in [2.45, 2.75) is 18.4 Å². The zero-order chi connectivity index (χ0) is 22.0. The van der Waals surface area contributed by atoms with Crippen LogP contribution in [0, 0.1) is 0 Å². The summed E-state index contributed by atoms with van der Waals surface area (Å²) < 4.78 is 11.9. The fourth-order valence-electron chi connectivity index (χ4n) is 3.36. The number of nitrogens with two attached hydrogens (primary N) is 1. The third-order valence-electron chi connectivity index (χ3n) is 5.28. The van der Waals surface area contributed by atoms with Crippen molar-refractivity contribution in [2.24, 2.45) is 5.73 Å². The maximum Gasteiger partial charge on any atom is 0.200 e. The topological polar surface area (TPSA) is 106 Å². The van der Waals surface area contributed by atoms with Crippen LogP contribution in [0.2, 0.25) is 5.02 Å². The number of rotatable bonds is 7. The lowest BCUT2D eigenvalue weighted by molar-refractivity contribution is 0.115. The highest BCUT2D eigenvalue weighted by molar-refractivity contribution is 6.30. The smallest absolute Gasteiger partial charge is 0.200 e. The Labute approximate surface area is 183 Å². The van der Waals surface area contributed by atoms with Gasteiger partial charge in [0.15, 0.2) is 0 Å². The van der Waals surface area contributed by atoms with Gasteiger partial charge in [0.1, 0.15) is 22.7 Å². The maximum atomic E-state index is 12.9. The summed E-state index contributed by atoms with van der Waals surface area (Å²) in [4.78, 5) is 12.9. The van der Waals surface area contributed by atoms with E-state index in [0.29, 0.717) is 51.3 Å². The van der Waals surface area contributed by atoms with E-state index >= 15 is 0 Å². The van der Waals surface area contributed by atoms with Crippen LogP contribution in [0.3, 0.4) is 0 Å². The van der Waals surface area contributed by atoms with Crippen LogP contribution in [0.1, 0.15) is 12.0 Å². The van der Waals surface area contributed by atoms with Crippen molar-refractivity contribution in [1.29, 1.82) is 0 Å². The summed E-state index contributed by atoms with van der Waals surface area (Å²) in [6, 6.07) is 17.4. The van der Waals surface area contributed by atoms with E-state index in [4.69, 9.17) is 26.5 Å². The third kappa shape index (κ3) is 4.57. The second kappa shape index (κ2) is 8.69. The van der Waals surface area contributed by atoms with E-state index < -0.39 is 5.54 Å². The summed E-state index contributed by atoms with van der Waals surface area (Å²) in [5.74, 6) is 1.10. The van der Waals surface area contributed by atoms with Gasteiger partial charge in [-0.3, -0.25) is 4.79 Å². The minimum absolute atomic E-state index is 0.129. The average molecular weight is 440 g/mol. The molecule has 160 valence electrons. The first-order valence-electron chi connectivity index (χ1n) is 9.84. The summed E-state index contributed by atoms with van der Waals surface area (Å²) in [5.41, 5.74) is 6.52. The molecule has 0 unspecified atom stereocenters. The summed E-state index contributed by atoms with van der Waals surface area (Å²) in [6.07, 6.45) is 0.911. The van der Waals surface area contributed by atoms with Gasteiger partial charge in [-0.2, -0.15) is 0 Å². The molecule has 0 radical (unpaired) electrons. The molecule has 6 nitrogen and oxygen atoms in total. The lowest BCUT2D eigenvalue weighted by Gasteiger charge is -2.24. The van der Waals surface area contributed by atoms with E-state index in [-0.39, 0.29) is 18.6 Å². The van der Waals surface area contributed by atoms with Crippen molar-refractivity contribution in [3.05, 3.63) is 81.5 Å². The van der Waals surface area contributed by atoms with E-state index in [9.17, 15) is 15.0 Å². The number of aliphatic hydroxyl groups is 2. The molecule has 4 N–H and O–H groups in total. The number of fused-ring (bicyclic) bond motifs is 2. The maximum absolute atomic E-state index is 12.9. The molecular formula is C24H22ClNO5. The normalized spacial score (nSPS) is 11.9. The summed E-state index contributed by atoms with van der Waals surface area (Å²) in [6.45, 7) is -0.627. The Morgan fingerprint density at radius 2 is 1.61 bits per heavy atom. The molecule has 1 aromatic heterocycles. The quantitative estimate of drug-likeness (QED) is 0.376. The number of ether oxygens (including phenoxy) is 1. The SMILES string of the molecule is NC(CO)(CO)CCc1ccc2c(=O)c3ccc(Oc4cccc(Cl)c4)cc3oc2c1. The molecule has 0 bridgehead atoms. The van der Waals surface area contributed by atoms with Gasteiger partial charge in [-0.05, 0) is 60.9 Å². The molecule has 0 spiro atoms. The van der Waals surface area contributed by atoms with Crippen molar-refractivity contribution in [3.63, 3.8) is 0 Å². The van der Waals surface area contributed by atoms with Crippen molar-refractivity contribution in [3.8, 4) is 11.5 Å². The van der Waals surface area contributed by atoms with Crippen LogP contribution in [-0.2, 0) is 6.42 Å². The van der Waals surface area contributed by atoms with E-state index in [1.807, 2.05) is 6.07 Å². The van der Waals surface area contributed by atoms with Crippen molar-refractivity contribution < 1.29 is 19.4 Å². The first kappa shape index (κ1) is 21.3. The van der Waals surface area contributed by atoms with Gasteiger partial charge in [0, 0.05) is 11.1 Å². The van der Waals surface area contributed by atoms with Crippen LogP contribution < -0.4 is 15.9 Å². The second-order valence-electron chi connectivity index (χ2n) is 7.66. The lowest BCUT2D eigenvalue weighted by Crippen LogP contribution is -2.47. The standard InChI is InChI=1S/C24H22ClNO5/c25-16-2-1-3-17(11-16)30-18-5-7-20-22(12-18)31-21-10-15(4-6-19(21)23(20)29)8-9-24(26,13-27)14-28/h1-7,10-12,27-28H,8-9,13-14,26H2. The van der Waals surface area contributed by atoms with E-state index in [1.165, 1.54) is 0 Å². The highest BCUT2D eigenvalue weighted by atomic mass is 35.5. The van der Waals surface area contributed by atoms with E-state index in [1.54, 1.807) is 54.6 Å². The van der Waals surface area contributed by atoms with Crippen LogP contribution in [0.5, 0.6) is 11.5 Å². The zero-order valence-electron chi connectivity index (χ0n) is 16.7. The molecular weight excluding hydrogens is 418 g/mol.